The van der Waals surface area contributed by atoms with E-state index < -0.39 is 16.0 Å². The van der Waals surface area contributed by atoms with Gasteiger partial charge >= 0.3 is 5.97 Å². The van der Waals surface area contributed by atoms with Crippen LogP contribution in [0.1, 0.15) is 55.4 Å². The average Bonchev–Trinajstić information content (AvgIpc) is 2.82. The molecule has 0 bridgehead atoms. The minimum Gasteiger partial charge on any atom is -0.477 e. The molecule has 0 aliphatic heterocycles. The van der Waals surface area contributed by atoms with Crippen molar-refractivity contribution in [3.05, 3.63) is 18.0 Å². The van der Waals surface area contributed by atoms with E-state index in [9.17, 15) is 13.2 Å². The van der Waals surface area contributed by atoms with Gasteiger partial charge in [0.2, 0.25) is 10.0 Å². The number of aromatic nitrogens is 1. The van der Waals surface area contributed by atoms with Crippen LogP contribution in [0.15, 0.2) is 17.2 Å². The molecule has 1 heterocycles. The second kappa shape index (κ2) is 6.41. The van der Waals surface area contributed by atoms with Gasteiger partial charge in [-0.05, 0) is 18.9 Å². The molecule has 0 atom stereocenters. The van der Waals surface area contributed by atoms with Crippen LogP contribution in [0.4, 0.5) is 0 Å². The van der Waals surface area contributed by atoms with Gasteiger partial charge in [0.15, 0.2) is 0 Å². The van der Waals surface area contributed by atoms with Crippen molar-refractivity contribution in [1.29, 1.82) is 0 Å². The zero-order valence-electron chi connectivity index (χ0n) is 11.3. The molecular formula is C13H20N2O4S. The van der Waals surface area contributed by atoms with Crippen LogP contribution >= 0.6 is 0 Å². The lowest BCUT2D eigenvalue weighted by Crippen LogP contribution is -2.35. The molecule has 1 aliphatic carbocycles. The van der Waals surface area contributed by atoms with Crippen molar-refractivity contribution in [3.8, 4) is 0 Å². The van der Waals surface area contributed by atoms with Crippen LogP contribution in [0.2, 0.25) is 0 Å². The van der Waals surface area contributed by atoms with Crippen LogP contribution in [-0.4, -0.2) is 30.5 Å². The van der Waals surface area contributed by atoms with Gasteiger partial charge in [-0.25, -0.2) is 17.9 Å². The van der Waals surface area contributed by atoms with Crippen molar-refractivity contribution >= 4 is 16.0 Å². The minimum atomic E-state index is -3.65. The number of H-pyrrole nitrogens is 1. The standard InChI is InChI=1S/C13H20N2O4S/c16-13(17)12-8-11(9-14-12)20(18,19)15-10-6-4-2-1-3-5-7-10/h8-10,14-15H,1-7H2,(H,16,17). The topological polar surface area (TPSA) is 99.3 Å². The summed E-state index contributed by atoms with van der Waals surface area (Å²) in [5.74, 6) is -1.17. The van der Waals surface area contributed by atoms with Gasteiger partial charge in [0.1, 0.15) is 10.6 Å². The Labute approximate surface area is 118 Å². The van der Waals surface area contributed by atoms with Gasteiger partial charge in [0, 0.05) is 12.2 Å². The maximum Gasteiger partial charge on any atom is 0.352 e. The number of carbonyl (C=O) groups is 1. The highest BCUT2D eigenvalue weighted by molar-refractivity contribution is 7.89. The Balaban J connectivity index is 2.06. The highest BCUT2D eigenvalue weighted by Gasteiger charge is 2.22. The molecule has 0 unspecified atom stereocenters. The number of aromatic amines is 1. The van der Waals surface area contributed by atoms with Gasteiger partial charge in [-0.1, -0.05) is 32.1 Å². The number of rotatable bonds is 4. The largest absolute Gasteiger partial charge is 0.477 e. The third-order valence-electron chi connectivity index (χ3n) is 3.62. The molecule has 6 nitrogen and oxygen atoms in total. The van der Waals surface area contributed by atoms with E-state index in [1.165, 1.54) is 12.6 Å². The summed E-state index contributed by atoms with van der Waals surface area (Å²) in [7, 11) is -3.65. The van der Waals surface area contributed by atoms with Gasteiger partial charge in [-0.2, -0.15) is 0 Å². The van der Waals surface area contributed by atoms with Crippen molar-refractivity contribution in [1.82, 2.24) is 9.71 Å². The first-order chi connectivity index (χ1) is 9.49. The van der Waals surface area contributed by atoms with Crippen LogP contribution in [-0.2, 0) is 10.0 Å². The molecule has 1 fully saturated rings. The predicted molar refractivity (Wildman–Crippen MR) is 74.2 cm³/mol. The molecule has 112 valence electrons. The summed E-state index contributed by atoms with van der Waals surface area (Å²) in [6.45, 7) is 0. The summed E-state index contributed by atoms with van der Waals surface area (Å²) in [5.41, 5.74) is -0.122. The molecule has 1 aromatic rings. The van der Waals surface area contributed by atoms with Crippen LogP contribution in [0.5, 0.6) is 0 Å². The van der Waals surface area contributed by atoms with Gasteiger partial charge in [-0.15, -0.1) is 0 Å². The van der Waals surface area contributed by atoms with Crippen molar-refractivity contribution in [2.75, 3.05) is 0 Å². The first-order valence-corrected chi connectivity index (χ1v) is 8.41. The Bertz CT molecular complexity index is 557. The lowest BCUT2D eigenvalue weighted by Gasteiger charge is -2.20. The zero-order chi connectivity index (χ0) is 14.6. The maximum atomic E-state index is 12.2. The van der Waals surface area contributed by atoms with Crippen LogP contribution in [0.3, 0.4) is 0 Å². The fraction of sp³-hybridized carbons (Fsp3) is 0.615. The summed E-state index contributed by atoms with van der Waals surface area (Å²) in [6.07, 6.45) is 8.47. The smallest absolute Gasteiger partial charge is 0.352 e. The summed E-state index contributed by atoms with van der Waals surface area (Å²) in [4.78, 5) is 13.2. The highest BCUT2D eigenvalue weighted by Crippen LogP contribution is 2.19. The minimum absolute atomic E-state index is 0.0167. The second-order valence-electron chi connectivity index (χ2n) is 5.22. The molecule has 3 N–H and O–H groups in total. The zero-order valence-corrected chi connectivity index (χ0v) is 12.1. The normalized spacial score (nSPS) is 18.4. The number of nitrogens with one attached hydrogen (secondary N) is 2. The molecule has 1 aromatic heterocycles. The molecule has 7 heteroatoms. The lowest BCUT2D eigenvalue weighted by atomic mass is 9.97. The second-order valence-corrected chi connectivity index (χ2v) is 6.93. The van der Waals surface area contributed by atoms with Gasteiger partial charge in [0.25, 0.3) is 0 Å². The molecule has 0 saturated heterocycles. The van der Waals surface area contributed by atoms with Crippen molar-refractivity contribution in [3.63, 3.8) is 0 Å². The average molecular weight is 300 g/mol. The van der Waals surface area contributed by atoms with E-state index in [1.807, 2.05) is 0 Å². The van der Waals surface area contributed by atoms with Crippen LogP contribution in [0.25, 0.3) is 0 Å². The van der Waals surface area contributed by atoms with Crippen LogP contribution in [0, 0.1) is 0 Å². The monoisotopic (exact) mass is 300 g/mol. The van der Waals surface area contributed by atoms with E-state index in [1.54, 1.807) is 0 Å². The third-order valence-corrected chi connectivity index (χ3v) is 5.12. The maximum absolute atomic E-state index is 12.2. The Hall–Kier alpha value is -1.34. The summed E-state index contributed by atoms with van der Waals surface area (Å²) >= 11 is 0. The first-order valence-electron chi connectivity index (χ1n) is 6.93. The van der Waals surface area contributed by atoms with Crippen molar-refractivity contribution in [2.45, 2.75) is 55.9 Å². The Morgan fingerprint density at radius 3 is 2.35 bits per heavy atom. The number of hydrogen-bond donors (Lipinski definition) is 3. The van der Waals surface area contributed by atoms with Gasteiger partial charge < -0.3 is 10.1 Å². The van der Waals surface area contributed by atoms with Crippen molar-refractivity contribution < 1.29 is 18.3 Å². The van der Waals surface area contributed by atoms with Gasteiger partial charge in [0.05, 0.1) is 0 Å². The summed E-state index contributed by atoms with van der Waals surface area (Å²) in [6, 6.07) is 1.09. The first kappa shape index (κ1) is 15.1. The number of carboxylic acids is 1. The van der Waals surface area contributed by atoms with E-state index in [2.05, 4.69) is 9.71 Å². The fourth-order valence-corrected chi connectivity index (χ4v) is 3.81. The quantitative estimate of drug-likeness (QED) is 0.793. The molecule has 0 spiro atoms. The van der Waals surface area contributed by atoms with E-state index in [0.29, 0.717) is 0 Å². The van der Waals surface area contributed by atoms with E-state index in [0.717, 1.165) is 44.6 Å². The summed E-state index contributed by atoms with van der Waals surface area (Å²) < 4.78 is 27.1. The highest BCUT2D eigenvalue weighted by atomic mass is 32.2. The molecule has 0 amide bonds. The number of hydrogen-bond acceptors (Lipinski definition) is 3. The molecular weight excluding hydrogens is 280 g/mol. The number of aromatic carboxylic acids is 1. The Morgan fingerprint density at radius 2 is 1.80 bits per heavy atom. The lowest BCUT2D eigenvalue weighted by molar-refractivity contribution is 0.0691. The SMILES string of the molecule is O=C(O)c1cc(S(=O)(=O)NC2CCCCCCC2)c[nH]1. The molecule has 0 radical (unpaired) electrons. The molecule has 0 aromatic carbocycles. The fourth-order valence-electron chi connectivity index (χ4n) is 2.51. The third kappa shape index (κ3) is 3.83. The molecule has 1 aliphatic rings. The van der Waals surface area contributed by atoms with E-state index in [-0.39, 0.29) is 16.6 Å². The molecule has 1 saturated carbocycles. The van der Waals surface area contributed by atoms with E-state index in [4.69, 9.17) is 5.11 Å². The van der Waals surface area contributed by atoms with Crippen molar-refractivity contribution in [2.24, 2.45) is 0 Å². The number of sulfonamides is 1. The van der Waals surface area contributed by atoms with E-state index >= 15 is 0 Å². The summed E-state index contributed by atoms with van der Waals surface area (Å²) in [5, 5.41) is 8.81. The Morgan fingerprint density at radius 1 is 1.20 bits per heavy atom. The van der Waals surface area contributed by atoms with Crippen LogP contribution < -0.4 is 4.72 Å². The molecule has 20 heavy (non-hydrogen) atoms. The Kier molecular flexibility index (Phi) is 4.82. The predicted octanol–water partition coefficient (Wildman–Crippen LogP) is 2.10. The molecule has 2 rings (SSSR count). The van der Waals surface area contributed by atoms with Gasteiger partial charge in [-0.3, -0.25) is 0 Å². The number of carboxylic acid groups (broad SMARTS) is 1.